The Kier molecular flexibility index (Phi) is 25.2. The molecule has 0 spiro atoms. The van der Waals surface area contributed by atoms with Crippen molar-refractivity contribution in [1.82, 2.24) is 0 Å². The van der Waals surface area contributed by atoms with Crippen LogP contribution in [0, 0.1) is 0 Å². The number of ether oxygens (including phenoxy) is 12. The minimum Gasteiger partial charge on any atom is 1.00 e. The molecule has 0 amide bonds. The van der Waals surface area contributed by atoms with Gasteiger partial charge in [-0.3, -0.25) is 0 Å². The fourth-order valence-corrected chi connectivity index (χ4v) is 14.0. The molecule has 0 saturated carbocycles. The second-order valence-corrected chi connectivity index (χ2v) is 21.3. The molecular weight excluding hydrogens is 1260 g/mol. The second kappa shape index (κ2) is 28.7. The van der Waals surface area contributed by atoms with Crippen LogP contribution in [0.2, 0.25) is 0 Å². The molecule has 12 nitrogen and oxygen atoms in total. The summed E-state index contributed by atoms with van der Waals surface area (Å²) in [5, 5.41) is 5.63. The Morgan fingerprint density at radius 3 is 0.438 bits per heavy atom. The molecule has 0 atom stereocenters. The molecule has 406 valence electrons. The van der Waals surface area contributed by atoms with Crippen molar-refractivity contribution in [2.24, 2.45) is 0 Å². The van der Waals surface area contributed by atoms with E-state index < -0.39 is 23.7 Å². The largest absolute Gasteiger partial charge is 1.00 e. The van der Waals surface area contributed by atoms with Gasteiger partial charge in [0, 0.05) is 0 Å². The van der Waals surface area contributed by atoms with Crippen molar-refractivity contribution in [2.45, 2.75) is 0 Å². The summed E-state index contributed by atoms with van der Waals surface area (Å²) in [4.78, 5) is 0. The third-order valence-electron chi connectivity index (χ3n) is 10.1. The number of benzene rings is 6. The maximum atomic E-state index is 9.87. The first-order valence-electron chi connectivity index (χ1n) is 20.9. The Balaban J connectivity index is 0.000000417. The Bertz CT molecular complexity index is 2120. The maximum Gasteiger partial charge on any atom is 1.00 e. The topological polar surface area (TPSA) is 111 Å². The predicted octanol–water partition coefficient (Wildman–Crippen LogP) is 11.3. The van der Waals surface area contributed by atoms with E-state index in [1.165, 1.54) is 0 Å². The van der Waals surface area contributed by atoms with Crippen LogP contribution in [-0.2, 0) is 22.4 Å². The molecule has 0 fully saturated rings. The Morgan fingerprint density at radius 1 is 0.288 bits per heavy atom. The quantitative estimate of drug-likeness (QED) is 0.0354. The number of rotatable bonds is 18. The van der Waals surface area contributed by atoms with Crippen molar-refractivity contribution in [3.63, 3.8) is 0 Å². The second-order valence-electron chi connectivity index (χ2n) is 14.0. The fraction of sp³-hybridized carbons (Fsp3) is 0.265. The van der Waals surface area contributed by atoms with Crippen LogP contribution in [0.3, 0.4) is 0 Å². The number of methoxy groups -OCH3 is 12. The zero-order chi connectivity index (χ0) is 53.9. The Morgan fingerprint density at radius 2 is 0.370 bits per heavy atom. The molecule has 0 saturated heterocycles. The molecule has 0 bridgehead atoms. The monoisotopic (exact) mass is 1310 g/mol. The average molecular weight is 1310 g/mol. The van der Waals surface area contributed by atoms with E-state index in [4.69, 9.17) is 80.0 Å². The molecule has 0 aliphatic heterocycles. The summed E-state index contributed by atoms with van der Waals surface area (Å²) in [6, 6.07) is 34.5. The molecule has 24 heteroatoms. The SMILES string of the molecule is COc1cccc(OC)c1[PH+](c1c(OC)cccc1OC)c1c(OC)cccc1OC.COc1cccc(OC)c1[PH+](c1c(OC)cccc1OC)c1c(OC)cccc1OC.ClCCl.F[P-](F)(F)(F)(F)F.[Au+]. The van der Waals surface area contributed by atoms with Gasteiger partial charge >= 0.3 is 55.4 Å². The van der Waals surface area contributed by atoms with Crippen LogP contribution in [0.1, 0.15) is 0 Å². The van der Waals surface area contributed by atoms with Gasteiger partial charge in [0.25, 0.3) is 0 Å². The van der Waals surface area contributed by atoms with Crippen LogP contribution < -0.4 is 88.7 Å². The summed E-state index contributed by atoms with van der Waals surface area (Å²) in [7, 11) is 5.38. The summed E-state index contributed by atoms with van der Waals surface area (Å²) in [5.74, 6) is 8.44. The minimum absolute atomic E-state index is 0. The number of hydrogen-bond acceptors (Lipinski definition) is 12. The molecule has 0 aliphatic rings. The van der Waals surface area contributed by atoms with Crippen molar-refractivity contribution in [2.75, 3.05) is 90.7 Å². The van der Waals surface area contributed by atoms with Crippen LogP contribution in [0.25, 0.3) is 0 Å². The van der Waals surface area contributed by atoms with E-state index in [-0.39, 0.29) is 27.7 Å². The van der Waals surface area contributed by atoms with Gasteiger partial charge in [-0.15, -0.1) is 23.2 Å². The van der Waals surface area contributed by atoms with Crippen molar-refractivity contribution < 1.29 is 104 Å². The Hall–Kier alpha value is -4.89. The average Bonchev–Trinajstić information content (AvgIpc) is 3.38. The van der Waals surface area contributed by atoms with E-state index >= 15 is 0 Å². The molecule has 6 aromatic carbocycles. The van der Waals surface area contributed by atoms with Crippen molar-refractivity contribution >= 4 is 78.7 Å². The van der Waals surface area contributed by atoms with Gasteiger partial charge in [-0.25, -0.2) is 0 Å². The predicted molar refractivity (Wildman–Crippen MR) is 282 cm³/mol. The summed E-state index contributed by atoms with van der Waals surface area (Å²) in [5.41, 5.74) is 0. The van der Waals surface area contributed by atoms with Gasteiger partial charge in [-0.2, -0.15) is 0 Å². The molecular formula is C49H58AuCl2F6O12P3+2. The Labute approximate surface area is 449 Å². The van der Waals surface area contributed by atoms with E-state index in [1.54, 1.807) is 85.3 Å². The van der Waals surface area contributed by atoms with Gasteiger partial charge in [-0.05, 0) is 72.8 Å². The molecule has 0 heterocycles. The summed E-state index contributed by atoms with van der Waals surface area (Å²) in [6.45, 7) is 0. The molecule has 0 radical (unpaired) electrons. The van der Waals surface area contributed by atoms with E-state index in [1.807, 2.05) is 109 Å². The van der Waals surface area contributed by atoms with Gasteiger partial charge < -0.3 is 56.8 Å². The van der Waals surface area contributed by atoms with E-state index in [2.05, 4.69) is 0 Å². The maximum absolute atomic E-state index is 10.7. The van der Waals surface area contributed by atoms with E-state index in [0.717, 1.165) is 31.8 Å². The van der Waals surface area contributed by atoms with Crippen molar-refractivity contribution in [3.05, 3.63) is 109 Å². The third-order valence-corrected chi connectivity index (χ3v) is 16.0. The first kappa shape index (κ1) is 64.2. The van der Waals surface area contributed by atoms with E-state index in [9.17, 15) is 25.2 Å². The van der Waals surface area contributed by atoms with Gasteiger partial charge in [0.1, 0.15) is 15.8 Å². The summed E-state index contributed by atoms with van der Waals surface area (Å²) in [6.07, 6.45) is 0. The standard InChI is InChI=1S/2C24H27O6P.CH2Cl2.Au.F6P/c2*1-25-16-10-7-11-17(26-2)22(16)31(23-18(27-3)12-8-13-19(23)28-4)24-20(29-5)14-9-15-21(24)30-6;2-1-3;;1-7(2,3,4,5)6/h2*7-15H,1-6H3;1H2;;/q;;;+1;-1/p+2. The van der Waals surface area contributed by atoms with E-state index in [0.29, 0.717) is 69.0 Å². The molecule has 73 heavy (non-hydrogen) atoms. The third kappa shape index (κ3) is 17.6. The summed E-state index contributed by atoms with van der Waals surface area (Å²) < 4.78 is 129. The summed E-state index contributed by atoms with van der Waals surface area (Å²) >= 11 is 9.53. The smallest absolute Gasteiger partial charge is 1.00 e. The first-order chi connectivity index (χ1) is 34.1. The van der Waals surface area contributed by atoms with Gasteiger partial charge in [0.05, 0.1) is 90.7 Å². The van der Waals surface area contributed by atoms with Crippen LogP contribution in [0.5, 0.6) is 69.0 Å². The van der Waals surface area contributed by atoms with Crippen LogP contribution in [0.4, 0.5) is 25.2 Å². The van der Waals surface area contributed by atoms with Crippen LogP contribution >= 0.6 is 46.9 Å². The normalized spacial score (nSPS) is 11.4. The van der Waals surface area contributed by atoms with Crippen molar-refractivity contribution in [3.8, 4) is 69.0 Å². The first-order valence-corrected chi connectivity index (χ1v) is 27.0. The fourth-order valence-electron chi connectivity index (χ4n) is 7.34. The molecule has 6 rings (SSSR count). The minimum atomic E-state index is -10.7. The van der Waals surface area contributed by atoms with Gasteiger partial charge in [-0.1, -0.05) is 36.4 Å². The number of hydrogen-bond donors (Lipinski definition) is 0. The molecule has 0 aromatic heterocycles. The number of halogens is 8. The molecule has 0 unspecified atom stereocenters. The van der Waals surface area contributed by atoms with Gasteiger partial charge in [0.15, 0.2) is 101 Å². The number of alkyl halides is 2. The molecule has 6 aromatic rings. The zero-order valence-electron chi connectivity index (χ0n) is 41.8. The molecule has 0 aliphatic carbocycles. The van der Waals surface area contributed by atoms with Gasteiger partial charge in [0.2, 0.25) is 0 Å². The van der Waals surface area contributed by atoms with Crippen LogP contribution in [0.15, 0.2) is 109 Å². The van der Waals surface area contributed by atoms with Crippen LogP contribution in [-0.4, -0.2) is 90.7 Å². The zero-order valence-corrected chi connectivity index (χ0v) is 48.3. The van der Waals surface area contributed by atoms with Crippen molar-refractivity contribution in [1.29, 1.82) is 0 Å². The molecule has 0 N–H and O–H groups in total.